The Bertz CT molecular complexity index is 200. The molecular formula is C10H16O2. The number of hydrogen-bond acceptors (Lipinski definition) is 2. The molecule has 0 aromatic carbocycles. The minimum atomic E-state index is -0.686. The van der Waals surface area contributed by atoms with Crippen LogP contribution in [0.4, 0.5) is 0 Å². The number of aliphatic hydroxyl groups excluding tert-OH is 1. The van der Waals surface area contributed by atoms with Crippen LogP contribution >= 0.6 is 0 Å². The summed E-state index contributed by atoms with van der Waals surface area (Å²) in [5.74, 6) is 1.85. The Labute approximate surface area is 72.6 Å². The molecule has 4 aliphatic rings. The highest BCUT2D eigenvalue weighted by Gasteiger charge is 2.55. The van der Waals surface area contributed by atoms with Crippen molar-refractivity contribution in [1.29, 1.82) is 0 Å². The largest absolute Gasteiger partial charge is 0.390 e. The first-order valence-electron chi connectivity index (χ1n) is 5.08. The summed E-state index contributed by atoms with van der Waals surface area (Å²) in [4.78, 5) is 0. The first-order valence-corrected chi connectivity index (χ1v) is 5.08. The molecule has 4 rings (SSSR count). The second-order valence-corrected chi connectivity index (χ2v) is 5.16. The van der Waals surface area contributed by atoms with Gasteiger partial charge in [-0.1, -0.05) is 0 Å². The number of hydrogen-bond donors (Lipinski definition) is 2. The van der Waals surface area contributed by atoms with E-state index in [1.807, 2.05) is 0 Å². The van der Waals surface area contributed by atoms with E-state index in [2.05, 4.69) is 0 Å². The van der Waals surface area contributed by atoms with Crippen LogP contribution in [0.3, 0.4) is 0 Å². The van der Waals surface area contributed by atoms with Crippen LogP contribution < -0.4 is 0 Å². The lowest BCUT2D eigenvalue weighted by atomic mass is 9.53. The molecule has 2 unspecified atom stereocenters. The molecule has 0 radical (unpaired) electrons. The van der Waals surface area contributed by atoms with E-state index in [1.165, 1.54) is 19.3 Å². The predicted octanol–water partition coefficient (Wildman–Crippen LogP) is 0.918. The van der Waals surface area contributed by atoms with Gasteiger partial charge in [0.15, 0.2) is 0 Å². The summed E-state index contributed by atoms with van der Waals surface area (Å²) in [7, 11) is 0. The maximum atomic E-state index is 10.1. The second kappa shape index (κ2) is 2.05. The van der Waals surface area contributed by atoms with Gasteiger partial charge in [-0.2, -0.15) is 0 Å². The van der Waals surface area contributed by atoms with Crippen molar-refractivity contribution >= 4 is 0 Å². The Morgan fingerprint density at radius 1 is 1.00 bits per heavy atom. The van der Waals surface area contributed by atoms with E-state index >= 15 is 0 Å². The molecule has 0 heterocycles. The minimum Gasteiger partial charge on any atom is -0.390 e. The zero-order chi connectivity index (χ0) is 8.34. The lowest BCUT2D eigenvalue weighted by molar-refractivity contribution is -0.203. The highest BCUT2D eigenvalue weighted by Crippen LogP contribution is 2.55. The van der Waals surface area contributed by atoms with Gasteiger partial charge in [0.25, 0.3) is 0 Å². The Morgan fingerprint density at radius 3 is 2.08 bits per heavy atom. The van der Waals surface area contributed by atoms with E-state index in [4.69, 9.17) is 0 Å². The zero-order valence-corrected chi connectivity index (χ0v) is 7.24. The van der Waals surface area contributed by atoms with E-state index in [9.17, 15) is 10.2 Å². The highest BCUT2D eigenvalue weighted by atomic mass is 16.3. The second-order valence-electron chi connectivity index (χ2n) is 5.16. The van der Waals surface area contributed by atoms with Gasteiger partial charge in [-0.3, -0.25) is 0 Å². The van der Waals surface area contributed by atoms with E-state index in [0.717, 1.165) is 24.7 Å². The average Bonchev–Trinajstić information content (AvgIpc) is 1.98. The molecule has 68 valence electrons. The van der Waals surface area contributed by atoms with Gasteiger partial charge in [-0.15, -0.1) is 0 Å². The molecule has 0 saturated heterocycles. The maximum Gasteiger partial charge on any atom is 0.0913 e. The van der Waals surface area contributed by atoms with Crippen molar-refractivity contribution in [2.24, 2.45) is 17.8 Å². The summed E-state index contributed by atoms with van der Waals surface area (Å²) in [6, 6.07) is 0. The van der Waals surface area contributed by atoms with E-state index in [0.29, 0.717) is 5.92 Å². The molecule has 2 N–H and O–H groups in total. The SMILES string of the molecule is O[C@H]1C2C[C@@H]3C[C@H](C2)CC1(O)C3. The molecule has 4 aliphatic carbocycles. The van der Waals surface area contributed by atoms with Crippen LogP contribution in [-0.4, -0.2) is 21.9 Å². The molecule has 0 amide bonds. The molecule has 0 aliphatic heterocycles. The van der Waals surface area contributed by atoms with E-state index in [1.54, 1.807) is 0 Å². The smallest absolute Gasteiger partial charge is 0.0913 e. The average molecular weight is 168 g/mol. The van der Waals surface area contributed by atoms with Crippen LogP contribution in [0, 0.1) is 17.8 Å². The summed E-state index contributed by atoms with van der Waals surface area (Å²) in [5, 5.41) is 20.0. The van der Waals surface area contributed by atoms with Crippen molar-refractivity contribution in [3.63, 3.8) is 0 Å². The van der Waals surface area contributed by atoms with Crippen LogP contribution in [-0.2, 0) is 0 Å². The van der Waals surface area contributed by atoms with Crippen LogP contribution in [0.25, 0.3) is 0 Å². The van der Waals surface area contributed by atoms with E-state index in [-0.39, 0.29) is 0 Å². The van der Waals surface area contributed by atoms with Crippen LogP contribution in [0.5, 0.6) is 0 Å². The van der Waals surface area contributed by atoms with Crippen LogP contribution in [0.15, 0.2) is 0 Å². The molecule has 2 nitrogen and oxygen atoms in total. The molecule has 0 aromatic rings. The summed E-state index contributed by atoms with van der Waals surface area (Å²) in [6.45, 7) is 0. The zero-order valence-electron chi connectivity index (χ0n) is 7.24. The Balaban J connectivity index is 1.97. The number of rotatable bonds is 0. The van der Waals surface area contributed by atoms with Gasteiger partial charge in [0, 0.05) is 0 Å². The molecule has 12 heavy (non-hydrogen) atoms. The van der Waals surface area contributed by atoms with Gasteiger partial charge < -0.3 is 10.2 Å². The Morgan fingerprint density at radius 2 is 1.58 bits per heavy atom. The van der Waals surface area contributed by atoms with Crippen LogP contribution in [0.1, 0.15) is 32.1 Å². The molecule has 0 aromatic heterocycles. The molecular weight excluding hydrogens is 152 g/mol. The van der Waals surface area contributed by atoms with Crippen molar-refractivity contribution in [3.8, 4) is 0 Å². The predicted molar refractivity (Wildman–Crippen MR) is 44.5 cm³/mol. The van der Waals surface area contributed by atoms with Gasteiger partial charge in [0.2, 0.25) is 0 Å². The quantitative estimate of drug-likeness (QED) is 0.564. The Hall–Kier alpha value is -0.0800. The molecule has 5 atom stereocenters. The normalized spacial score (nSPS) is 62.5. The van der Waals surface area contributed by atoms with Gasteiger partial charge >= 0.3 is 0 Å². The van der Waals surface area contributed by atoms with E-state index < -0.39 is 11.7 Å². The summed E-state index contributed by atoms with van der Waals surface area (Å²) in [6.07, 6.45) is 4.96. The molecule has 2 heteroatoms. The summed E-state index contributed by atoms with van der Waals surface area (Å²) in [5.41, 5.74) is -0.686. The van der Waals surface area contributed by atoms with Crippen molar-refractivity contribution in [1.82, 2.24) is 0 Å². The monoisotopic (exact) mass is 168 g/mol. The van der Waals surface area contributed by atoms with Gasteiger partial charge in [-0.25, -0.2) is 0 Å². The third-order valence-electron chi connectivity index (χ3n) is 4.22. The maximum absolute atomic E-state index is 10.1. The molecule has 0 spiro atoms. The first kappa shape index (κ1) is 7.34. The standard InChI is InChI=1S/C10H16O2/c11-9-8-2-6-1-7(3-8)5-10(9,12)4-6/h6-9,11-12H,1-5H2/t6-,7+,8?,9-,10?/m0/s1. The van der Waals surface area contributed by atoms with Crippen molar-refractivity contribution in [2.45, 2.75) is 43.8 Å². The lowest BCUT2D eigenvalue weighted by Crippen LogP contribution is -2.60. The molecule has 4 fully saturated rings. The van der Waals surface area contributed by atoms with Gasteiger partial charge in [0.1, 0.15) is 0 Å². The topological polar surface area (TPSA) is 40.5 Å². The summed E-state index contributed by atoms with van der Waals surface area (Å²) < 4.78 is 0. The third-order valence-corrected chi connectivity index (χ3v) is 4.22. The van der Waals surface area contributed by atoms with Crippen LogP contribution in [0.2, 0.25) is 0 Å². The fraction of sp³-hybridized carbons (Fsp3) is 1.00. The number of aliphatic hydroxyl groups is 2. The van der Waals surface area contributed by atoms with Gasteiger partial charge in [-0.05, 0) is 49.9 Å². The minimum absolute atomic E-state index is 0.412. The van der Waals surface area contributed by atoms with Crippen molar-refractivity contribution < 1.29 is 10.2 Å². The van der Waals surface area contributed by atoms with Gasteiger partial charge in [0.05, 0.1) is 11.7 Å². The molecule has 4 saturated carbocycles. The molecule has 4 bridgehead atoms. The first-order chi connectivity index (χ1) is 5.67. The fourth-order valence-electron chi connectivity index (χ4n) is 3.97. The lowest BCUT2D eigenvalue weighted by Gasteiger charge is -2.57. The summed E-state index contributed by atoms with van der Waals surface area (Å²) >= 11 is 0. The third kappa shape index (κ3) is 0.775. The Kier molecular flexibility index (Phi) is 1.25. The van der Waals surface area contributed by atoms with Crippen molar-refractivity contribution in [3.05, 3.63) is 0 Å². The highest BCUT2D eigenvalue weighted by molar-refractivity contribution is 5.07. The fourth-order valence-corrected chi connectivity index (χ4v) is 3.97. The van der Waals surface area contributed by atoms with Crippen molar-refractivity contribution in [2.75, 3.05) is 0 Å².